The van der Waals surface area contributed by atoms with Gasteiger partial charge in [0.15, 0.2) is 0 Å². The van der Waals surface area contributed by atoms with Gasteiger partial charge < -0.3 is 9.52 Å². The minimum Gasteiger partial charge on any atom is -0.481 e. The Morgan fingerprint density at radius 1 is 1.60 bits per heavy atom. The number of hydrogen-bond donors (Lipinski definition) is 1. The Morgan fingerprint density at radius 3 is 3.00 bits per heavy atom. The summed E-state index contributed by atoms with van der Waals surface area (Å²) < 4.78 is 6.27. The molecule has 2 aromatic rings. The van der Waals surface area contributed by atoms with Gasteiger partial charge in [0, 0.05) is 0 Å². The molecule has 0 aromatic carbocycles. The van der Waals surface area contributed by atoms with Gasteiger partial charge in [-0.2, -0.15) is 0 Å². The quantitative estimate of drug-likeness (QED) is 0.943. The normalized spacial score (nSPS) is 10.5. The smallest absolute Gasteiger partial charge is 0.311 e. The van der Waals surface area contributed by atoms with Crippen molar-refractivity contribution in [3.8, 4) is 10.8 Å². The van der Waals surface area contributed by atoms with Gasteiger partial charge in [-0.1, -0.05) is 0 Å². The molecule has 0 saturated carbocycles. The van der Waals surface area contributed by atoms with Crippen LogP contribution < -0.4 is 0 Å². The Kier molecular flexibility index (Phi) is 2.88. The summed E-state index contributed by atoms with van der Waals surface area (Å²) in [7, 11) is 0. The second kappa shape index (κ2) is 4.16. The summed E-state index contributed by atoms with van der Waals surface area (Å²) in [6.07, 6.45) is 1.30. The molecule has 15 heavy (non-hydrogen) atoms. The van der Waals surface area contributed by atoms with Gasteiger partial charge in [0.2, 0.25) is 5.89 Å². The van der Waals surface area contributed by atoms with Crippen LogP contribution >= 0.6 is 27.3 Å². The molecule has 6 heteroatoms. The minimum absolute atomic E-state index is 0.139. The Bertz CT molecular complexity index is 491. The molecule has 0 fully saturated rings. The van der Waals surface area contributed by atoms with Crippen molar-refractivity contribution in [3.63, 3.8) is 0 Å². The molecule has 0 bridgehead atoms. The fourth-order valence-electron chi connectivity index (χ4n) is 1.08. The Hall–Kier alpha value is -1.14. The van der Waals surface area contributed by atoms with Crippen LogP contribution in [0.4, 0.5) is 0 Å². The minimum atomic E-state index is -0.926. The SMILES string of the molecule is O=C(O)Cc1cnc(-c2ccc(Br)s2)o1. The summed E-state index contributed by atoms with van der Waals surface area (Å²) in [6.45, 7) is 0. The number of aliphatic carboxylic acids is 1. The molecule has 2 aromatic heterocycles. The average molecular weight is 288 g/mol. The van der Waals surface area contributed by atoms with Gasteiger partial charge in [0.25, 0.3) is 0 Å². The topological polar surface area (TPSA) is 63.3 Å². The molecule has 4 nitrogen and oxygen atoms in total. The van der Waals surface area contributed by atoms with Crippen molar-refractivity contribution in [2.75, 3.05) is 0 Å². The first kappa shape index (κ1) is 10.4. The van der Waals surface area contributed by atoms with E-state index in [2.05, 4.69) is 20.9 Å². The number of halogens is 1. The summed E-state index contributed by atoms with van der Waals surface area (Å²) >= 11 is 4.82. The summed E-state index contributed by atoms with van der Waals surface area (Å²) in [6, 6.07) is 3.76. The maximum atomic E-state index is 10.4. The van der Waals surface area contributed by atoms with Gasteiger partial charge in [-0.25, -0.2) is 4.98 Å². The molecule has 78 valence electrons. The number of rotatable bonds is 3. The molecule has 1 N–H and O–H groups in total. The standard InChI is InChI=1S/C9H6BrNO3S/c10-7-2-1-6(15-7)9-11-4-5(14-9)3-8(12)13/h1-2,4H,3H2,(H,12,13). The van der Waals surface area contributed by atoms with Crippen molar-refractivity contribution in [1.82, 2.24) is 4.98 Å². The third-order valence-corrected chi connectivity index (χ3v) is 3.27. The molecular formula is C9H6BrNO3S. The first-order valence-electron chi connectivity index (χ1n) is 4.07. The molecule has 0 aliphatic carbocycles. The van der Waals surface area contributed by atoms with Crippen molar-refractivity contribution in [2.45, 2.75) is 6.42 Å². The first-order valence-corrected chi connectivity index (χ1v) is 5.68. The fourth-order valence-corrected chi connectivity index (χ4v) is 2.40. The zero-order valence-electron chi connectivity index (χ0n) is 7.44. The van der Waals surface area contributed by atoms with E-state index in [1.807, 2.05) is 12.1 Å². The van der Waals surface area contributed by atoms with E-state index in [1.54, 1.807) is 0 Å². The van der Waals surface area contributed by atoms with E-state index in [-0.39, 0.29) is 6.42 Å². The van der Waals surface area contributed by atoms with E-state index >= 15 is 0 Å². The highest BCUT2D eigenvalue weighted by Gasteiger charge is 2.10. The van der Waals surface area contributed by atoms with E-state index < -0.39 is 5.97 Å². The van der Waals surface area contributed by atoms with E-state index in [1.165, 1.54) is 17.5 Å². The second-order valence-electron chi connectivity index (χ2n) is 2.81. The van der Waals surface area contributed by atoms with Crippen molar-refractivity contribution in [3.05, 3.63) is 27.9 Å². The van der Waals surface area contributed by atoms with Crippen LogP contribution in [0.3, 0.4) is 0 Å². The summed E-state index contributed by atoms with van der Waals surface area (Å²) in [5.74, 6) is -0.103. The van der Waals surface area contributed by atoms with Crippen LogP contribution in [-0.4, -0.2) is 16.1 Å². The average Bonchev–Trinajstić information content (AvgIpc) is 2.72. The zero-order chi connectivity index (χ0) is 10.8. The van der Waals surface area contributed by atoms with Gasteiger partial charge in [0.05, 0.1) is 14.9 Å². The number of nitrogens with zero attached hydrogens (tertiary/aromatic N) is 1. The van der Waals surface area contributed by atoms with Crippen LogP contribution in [0.15, 0.2) is 26.5 Å². The molecule has 0 radical (unpaired) electrons. The molecule has 0 unspecified atom stereocenters. The number of carbonyl (C=O) groups is 1. The first-order chi connectivity index (χ1) is 7.15. The van der Waals surface area contributed by atoms with E-state index in [0.717, 1.165) is 8.66 Å². The van der Waals surface area contributed by atoms with E-state index in [4.69, 9.17) is 9.52 Å². The van der Waals surface area contributed by atoms with Crippen LogP contribution in [-0.2, 0) is 11.2 Å². The highest BCUT2D eigenvalue weighted by atomic mass is 79.9. The number of thiophene rings is 1. The predicted octanol–water partition coefficient (Wildman–Crippen LogP) is 2.79. The highest BCUT2D eigenvalue weighted by molar-refractivity contribution is 9.11. The van der Waals surface area contributed by atoms with Crippen LogP contribution in [0.1, 0.15) is 5.76 Å². The van der Waals surface area contributed by atoms with Crippen LogP contribution in [0.2, 0.25) is 0 Å². The van der Waals surface area contributed by atoms with Gasteiger partial charge in [-0.3, -0.25) is 4.79 Å². The molecule has 0 amide bonds. The molecule has 2 rings (SSSR count). The molecule has 0 saturated heterocycles. The van der Waals surface area contributed by atoms with E-state index in [9.17, 15) is 4.79 Å². The predicted molar refractivity (Wildman–Crippen MR) is 58.9 cm³/mol. The molecule has 0 aliphatic rings. The molecule has 0 aliphatic heterocycles. The van der Waals surface area contributed by atoms with Gasteiger partial charge >= 0.3 is 5.97 Å². The molecule has 0 spiro atoms. The number of hydrogen-bond acceptors (Lipinski definition) is 4. The lowest BCUT2D eigenvalue weighted by Crippen LogP contribution is -1.97. The van der Waals surface area contributed by atoms with Crippen molar-refractivity contribution >= 4 is 33.2 Å². The number of carboxylic acids is 1. The molecule has 0 atom stereocenters. The lowest BCUT2D eigenvalue weighted by atomic mass is 10.4. The van der Waals surface area contributed by atoms with Gasteiger partial charge in [-0.05, 0) is 28.1 Å². The second-order valence-corrected chi connectivity index (χ2v) is 5.27. The lowest BCUT2D eigenvalue weighted by Gasteiger charge is -1.88. The van der Waals surface area contributed by atoms with Crippen LogP contribution in [0, 0.1) is 0 Å². The van der Waals surface area contributed by atoms with Crippen molar-refractivity contribution in [2.24, 2.45) is 0 Å². The maximum Gasteiger partial charge on any atom is 0.311 e. The fraction of sp³-hybridized carbons (Fsp3) is 0.111. The number of carboxylic acid groups (broad SMARTS) is 1. The zero-order valence-corrected chi connectivity index (χ0v) is 9.84. The summed E-state index contributed by atoms with van der Waals surface area (Å²) in [4.78, 5) is 15.3. The van der Waals surface area contributed by atoms with Crippen molar-refractivity contribution in [1.29, 1.82) is 0 Å². The lowest BCUT2D eigenvalue weighted by molar-refractivity contribution is -0.136. The molecular weight excluding hydrogens is 282 g/mol. The Labute approximate surface area is 97.7 Å². The summed E-state index contributed by atoms with van der Waals surface area (Å²) in [5.41, 5.74) is 0. The van der Waals surface area contributed by atoms with Crippen LogP contribution in [0.25, 0.3) is 10.8 Å². The third-order valence-electron chi connectivity index (χ3n) is 1.66. The van der Waals surface area contributed by atoms with Crippen LogP contribution in [0.5, 0.6) is 0 Å². The monoisotopic (exact) mass is 287 g/mol. The number of aromatic nitrogens is 1. The van der Waals surface area contributed by atoms with E-state index in [0.29, 0.717) is 11.7 Å². The van der Waals surface area contributed by atoms with Gasteiger partial charge in [0.1, 0.15) is 12.2 Å². The van der Waals surface area contributed by atoms with Gasteiger partial charge in [-0.15, -0.1) is 11.3 Å². The Morgan fingerprint density at radius 2 is 2.40 bits per heavy atom. The van der Waals surface area contributed by atoms with Crippen molar-refractivity contribution < 1.29 is 14.3 Å². The number of oxazole rings is 1. The Balaban J connectivity index is 2.23. The molecule has 2 heterocycles. The third kappa shape index (κ3) is 2.45. The summed E-state index contributed by atoms with van der Waals surface area (Å²) in [5, 5.41) is 8.56. The largest absolute Gasteiger partial charge is 0.481 e. The maximum absolute atomic E-state index is 10.4. The highest BCUT2D eigenvalue weighted by Crippen LogP contribution is 2.30.